The molecule has 0 atom stereocenters. The monoisotopic (exact) mass is 290 g/mol. The topological polar surface area (TPSA) is 59.1 Å². The maximum atomic E-state index is 7.59. The second-order valence-corrected chi connectivity index (χ2v) is 4.67. The summed E-state index contributed by atoms with van der Waals surface area (Å²) in [5.41, 5.74) is 9.55. The van der Waals surface area contributed by atoms with Crippen LogP contribution in [0.2, 0.25) is 0 Å². The van der Waals surface area contributed by atoms with Gasteiger partial charge in [-0.3, -0.25) is 5.41 Å². The zero-order valence-corrected chi connectivity index (χ0v) is 12.7. The lowest BCUT2D eigenvalue weighted by molar-refractivity contribution is 0.473. The van der Waals surface area contributed by atoms with Crippen LogP contribution in [0.3, 0.4) is 0 Å². The maximum Gasteiger partial charge on any atom is 0.138 e. The molecule has 106 valence electrons. The van der Waals surface area contributed by atoms with Crippen LogP contribution >= 0.6 is 12.4 Å². The molecule has 2 aromatic carbocycles. The number of rotatable bonds is 3. The van der Waals surface area contributed by atoms with Gasteiger partial charge in [-0.2, -0.15) is 0 Å². The van der Waals surface area contributed by atoms with Crippen LogP contribution in [0.5, 0.6) is 11.5 Å². The van der Waals surface area contributed by atoms with Crippen LogP contribution in [0.1, 0.15) is 22.3 Å². The molecule has 0 aromatic heterocycles. The predicted molar refractivity (Wildman–Crippen MR) is 85.4 cm³/mol. The van der Waals surface area contributed by atoms with E-state index in [9.17, 15) is 0 Å². The molecule has 0 radical (unpaired) electrons. The molecule has 0 heterocycles. The number of hydrogen-bond acceptors (Lipinski definition) is 2. The van der Waals surface area contributed by atoms with Crippen molar-refractivity contribution in [2.45, 2.75) is 20.8 Å². The van der Waals surface area contributed by atoms with E-state index in [1.165, 1.54) is 5.56 Å². The van der Waals surface area contributed by atoms with Gasteiger partial charge in [0.15, 0.2) is 0 Å². The molecule has 0 bridgehead atoms. The molecule has 0 fully saturated rings. The maximum absolute atomic E-state index is 7.59. The van der Waals surface area contributed by atoms with Gasteiger partial charge in [0.05, 0.1) is 5.56 Å². The minimum absolute atomic E-state index is 0. The fourth-order valence-electron chi connectivity index (χ4n) is 1.97. The van der Waals surface area contributed by atoms with Crippen molar-refractivity contribution in [2.75, 3.05) is 0 Å². The third-order valence-corrected chi connectivity index (χ3v) is 3.26. The first-order valence-electron chi connectivity index (χ1n) is 6.18. The number of aryl methyl sites for hydroxylation is 2. The Bertz CT molecular complexity index is 638. The molecular formula is C16H19ClN2O. The van der Waals surface area contributed by atoms with Crippen LogP contribution in [-0.4, -0.2) is 5.84 Å². The highest BCUT2D eigenvalue weighted by Crippen LogP contribution is 2.32. The standard InChI is InChI=1S/C16H18N2O.ClH/c1-10-8-9-11(2)15(12(10)3)19-14-7-5-4-6-13(14)16(17)18;/h4-9H,1-3H3,(H3,17,18);1H. The van der Waals surface area contributed by atoms with Crippen molar-refractivity contribution in [1.82, 2.24) is 0 Å². The Morgan fingerprint density at radius 1 is 1.00 bits per heavy atom. The van der Waals surface area contributed by atoms with Gasteiger partial charge >= 0.3 is 0 Å². The summed E-state index contributed by atoms with van der Waals surface area (Å²) in [6, 6.07) is 11.5. The van der Waals surface area contributed by atoms with E-state index in [-0.39, 0.29) is 18.2 Å². The SMILES string of the molecule is Cc1ccc(C)c(Oc2ccccc2C(=N)N)c1C.Cl. The average molecular weight is 291 g/mol. The Balaban J connectivity index is 0.00000200. The van der Waals surface area contributed by atoms with E-state index in [4.69, 9.17) is 15.9 Å². The van der Waals surface area contributed by atoms with Gasteiger partial charge in [-0.05, 0) is 49.6 Å². The van der Waals surface area contributed by atoms with Crippen molar-refractivity contribution in [1.29, 1.82) is 5.41 Å². The van der Waals surface area contributed by atoms with Gasteiger partial charge in [0.1, 0.15) is 17.3 Å². The summed E-state index contributed by atoms with van der Waals surface area (Å²) in [6.45, 7) is 6.10. The van der Waals surface area contributed by atoms with Gasteiger partial charge in [0.25, 0.3) is 0 Å². The zero-order valence-electron chi connectivity index (χ0n) is 11.9. The first-order chi connectivity index (χ1) is 9.00. The highest BCUT2D eigenvalue weighted by Gasteiger charge is 2.11. The molecule has 0 unspecified atom stereocenters. The Labute approximate surface area is 125 Å². The summed E-state index contributed by atoms with van der Waals surface area (Å²) in [6.07, 6.45) is 0. The van der Waals surface area contributed by atoms with E-state index in [0.29, 0.717) is 11.3 Å². The van der Waals surface area contributed by atoms with Gasteiger partial charge in [-0.25, -0.2) is 0 Å². The summed E-state index contributed by atoms with van der Waals surface area (Å²) in [5.74, 6) is 1.47. The molecule has 0 spiro atoms. The number of nitrogens with one attached hydrogen (secondary N) is 1. The van der Waals surface area contributed by atoms with Crippen molar-refractivity contribution < 1.29 is 4.74 Å². The molecule has 3 N–H and O–H groups in total. The number of hydrogen-bond donors (Lipinski definition) is 2. The molecule has 0 saturated heterocycles. The average Bonchev–Trinajstić information content (AvgIpc) is 2.39. The number of nitrogens with two attached hydrogens (primary N) is 1. The van der Waals surface area contributed by atoms with Crippen molar-refractivity contribution in [2.24, 2.45) is 5.73 Å². The lowest BCUT2D eigenvalue weighted by Crippen LogP contribution is -2.12. The first kappa shape index (κ1) is 16.1. The third-order valence-electron chi connectivity index (χ3n) is 3.26. The lowest BCUT2D eigenvalue weighted by atomic mass is 10.1. The van der Waals surface area contributed by atoms with Crippen molar-refractivity contribution in [3.63, 3.8) is 0 Å². The highest BCUT2D eigenvalue weighted by molar-refractivity contribution is 5.97. The van der Waals surface area contributed by atoms with Gasteiger partial charge in [-0.1, -0.05) is 24.3 Å². The van der Waals surface area contributed by atoms with Crippen LogP contribution in [0.4, 0.5) is 0 Å². The number of benzene rings is 2. The summed E-state index contributed by atoms with van der Waals surface area (Å²) >= 11 is 0. The van der Waals surface area contributed by atoms with Crippen LogP contribution in [0, 0.1) is 26.2 Å². The van der Waals surface area contributed by atoms with E-state index in [2.05, 4.69) is 13.0 Å². The molecular weight excluding hydrogens is 272 g/mol. The van der Waals surface area contributed by atoms with Crippen LogP contribution < -0.4 is 10.5 Å². The van der Waals surface area contributed by atoms with E-state index >= 15 is 0 Å². The van der Waals surface area contributed by atoms with E-state index in [1.807, 2.05) is 38.1 Å². The van der Waals surface area contributed by atoms with Crippen LogP contribution in [0.15, 0.2) is 36.4 Å². The molecule has 0 aliphatic carbocycles. The number of ether oxygens (including phenoxy) is 1. The number of amidine groups is 1. The lowest BCUT2D eigenvalue weighted by Gasteiger charge is -2.15. The Hall–Kier alpha value is -2.00. The molecule has 4 heteroatoms. The molecule has 2 aromatic rings. The molecule has 3 nitrogen and oxygen atoms in total. The summed E-state index contributed by atoms with van der Waals surface area (Å²) in [5, 5.41) is 7.59. The Morgan fingerprint density at radius 2 is 1.60 bits per heavy atom. The van der Waals surface area contributed by atoms with E-state index in [1.54, 1.807) is 6.07 Å². The van der Waals surface area contributed by atoms with Crippen molar-refractivity contribution >= 4 is 18.2 Å². The first-order valence-corrected chi connectivity index (χ1v) is 6.18. The number of nitrogen functional groups attached to an aromatic ring is 1. The summed E-state index contributed by atoms with van der Waals surface area (Å²) in [4.78, 5) is 0. The summed E-state index contributed by atoms with van der Waals surface area (Å²) in [7, 11) is 0. The molecule has 0 aliphatic heterocycles. The van der Waals surface area contributed by atoms with E-state index < -0.39 is 0 Å². The fraction of sp³-hybridized carbons (Fsp3) is 0.188. The minimum atomic E-state index is 0. The number of para-hydroxylation sites is 1. The highest BCUT2D eigenvalue weighted by atomic mass is 35.5. The van der Waals surface area contributed by atoms with E-state index in [0.717, 1.165) is 16.9 Å². The van der Waals surface area contributed by atoms with Gasteiger partial charge in [-0.15, -0.1) is 12.4 Å². The van der Waals surface area contributed by atoms with Gasteiger partial charge in [0.2, 0.25) is 0 Å². The molecule has 0 saturated carbocycles. The Morgan fingerprint density at radius 3 is 2.25 bits per heavy atom. The second kappa shape index (κ2) is 6.44. The summed E-state index contributed by atoms with van der Waals surface area (Å²) < 4.78 is 5.99. The van der Waals surface area contributed by atoms with Crippen LogP contribution in [0.25, 0.3) is 0 Å². The smallest absolute Gasteiger partial charge is 0.138 e. The normalized spacial score (nSPS) is 9.75. The van der Waals surface area contributed by atoms with Gasteiger partial charge in [0, 0.05) is 0 Å². The van der Waals surface area contributed by atoms with Gasteiger partial charge < -0.3 is 10.5 Å². The largest absolute Gasteiger partial charge is 0.456 e. The molecule has 20 heavy (non-hydrogen) atoms. The fourth-order valence-corrected chi connectivity index (χ4v) is 1.97. The molecule has 0 amide bonds. The quantitative estimate of drug-likeness (QED) is 0.660. The van der Waals surface area contributed by atoms with Crippen LogP contribution in [-0.2, 0) is 0 Å². The molecule has 0 aliphatic rings. The van der Waals surface area contributed by atoms with Crippen molar-refractivity contribution in [3.8, 4) is 11.5 Å². The Kier molecular flexibility index (Phi) is 5.17. The van der Waals surface area contributed by atoms with Crippen molar-refractivity contribution in [3.05, 3.63) is 58.7 Å². The number of halogens is 1. The zero-order chi connectivity index (χ0) is 14.0. The minimum Gasteiger partial charge on any atom is -0.456 e. The molecule has 2 rings (SSSR count). The third kappa shape index (κ3) is 3.11. The predicted octanol–water partition coefficient (Wildman–Crippen LogP) is 4.11. The second-order valence-electron chi connectivity index (χ2n) is 4.67.